The number of esters is 3. The van der Waals surface area contributed by atoms with E-state index in [-0.39, 0.29) is 90.7 Å². The summed E-state index contributed by atoms with van der Waals surface area (Å²) < 4.78 is 48.0. The van der Waals surface area contributed by atoms with Gasteiger partial charge < -0.3 is 37.9 Å². The minimum absolute atomic E-state index is 0.0192. The van der Waals surface area contributed by atoms with Gasteiger partial charge in [0.25, 0.3) is 0 Å². The Morgan fingerprint density at radius 3 is 2.24 bits per heavy atom. The second-order valence-corrected chi connectivity index (χ2v) is 15.0. The SMILES string of the molecule is CC[C@H]1CCC[C@H](OC(C)=O)[C@@H](C)C(=O)C2=C[C@H]3[C@@H]4C[C@H](O[C@@H]5OC(C)[C@H](OC)C(OC)C5OC)C[C@H]4C4OC(=O)CC4[C@H]3[C@@H]2CC(=O)O1. The topological polar surface area (TPSA) is 142 Å². The molecule has 5 unspecified atom stereocenters. The zero-order valence-electron chi connectivity index (χ0n) is 29.9. The van der Waals surface area contributed by atoms with Gasteiger partial charge in [-0.2, -0.15) is 0 Å². The van der Waals surface area contributed by atoms with E-state index in [1.807, 2.05) is 20.8 Å². The Hall–Kier alpha value is -2.38. The van der Waals surface area contributed by atoms with Crippen LogP contribution in [-0.4, -0.2) is 100 Å². The molecule has 2 saturated carbocycles. The number of hydrogen-bond acceptors (Lipinski definition) is 12. The smallest absolute Gasteiger partial charge is 0.306 e. The molecule has 3 heterocycles. The maximum Gasteiger partial charge on any atom is 0.306 e. The summed E-state index contributed by atoms with van der Waals surface area (Å²) in [7, 11) is 4.84. The molecule has 12 nitrogen and oxygen atoms in total. The van der Waals surface area contributed by atoms with Crippen LogP contribution in [0.2, 0.25) is 0 Å². The monoisotopic (exact) mass is 690 g/mol. The molecule has 16 atom stereocenters. The quantitative estimate of drug-likeness (QED) is 0.282. The third-order valence-electron chi connectivity index (χ3n) is 12.4. The van der Waals surface area contributed by atoms with Gasteiger partial charge in [0.1, 0.15) is 36.6 Å². The van der Waals surface area contributed by atoms with Crippen LogP contribution >= 0.6 is 0 Å². The van der Waals surface area contributed by atoms with Crippen LogP contribution in [0.15, 0.2) is 11.6 Å². The number of cyclic esters (lactones) is 1. The van der Waals surface area contributed by atoms with E-state index in [4.69, 9.17) is 37.9 Å². The molecule has 3 saturated heterocycles. The van der Waals surface area contributed by atoms with Gasteiger partial charge in [0, 0.05) is 46.0 Å². The summed E-state index contributed by atoms with van der Waals surface area (Å²) in [5.74, 6) is -2.41. The van der Waals surface area contributed by atoms with Crippen LogP contribution in [0.4, 0.5) is 0 Å². The van der Waals surface area contributed by atoms with Crippen LogP contribution < -0.4 is 0 Å². The molecule has 49 heavy (non-hydrogen) atoms. The van der Waals surface area contributed by atoms with Gasteiger partial charge in [0.05, 0.1) is 31.0 Å². The Balaban J connectivity index is 1.31. The Labute approximate surface area is 289 Å². The molecule has 6 aliphatic rings. The van der Waals surface area contributed by atoms with Crippen LogP contribution in [0.25, 0.3) is 0 Å². The molecule has 0 N–H and O–H groups in total. The number of ketones is 1. The van der Waals surface area contributed by atoms with Crippen molar-refractivity contribution >= 4 is 23.7 Å². The highest BCUT2D eigenvalue weighted by molar-refractivity contribution is 5.99. The average Bonchev–Trinajstić information content (AvgIpc) is 3.76. The lowest BCUT2D eigenvalue weighted by molar-refractivity contribution is -0.314. The molecule has 6 rings (SSSR count). The number of carbonyl (C=O) groups excluding carboxylic acids is 4. The minimum atomic E-state index is -0.696. The van der Waals surface area contributed by atoms with Gasteiger partial charge in [-0.05, 0) is 68.8 Å². The van der Waals surface area contributed by atoms with Crippen molar-refractivity contribution < 1.29 is 57.1 Å². The van der Waals surface area contributed by atoms with E-state index in [0.29, 0.717) is 44.1 Å². The second-order valence-electron chi connectivity index (χ2n) is 15.0. The van der Waals surface area contributed by atoms with E-state index in [1.165, 1.54) is 6.92 Å². The summed E-state index contributed by atoms with van der Waals surface area (Å²) in [6.07, 6.45) is 2.52. The van der Waals surface area contributed by atoms with Gasteiger partial charge in [-0.15, -0.1) is 0 Å². The zero-order valence-corrected chi connectivity index (χ0v) is 29.9. The highest BCUT2D eigenvalue weighted by Crippen LogP contribution is 2.61. The van der Waals surface area contributed by atoms with Crippen LogP contribution in [0, 0.1) is 41.4 Å². The van der Waals surface area contributed by atoms with Gasteiger partial charge in [0.15, 0.2) is 12.1 Å². The molecule has 0 bridgehead atoms. The Bertz CT molecular complexity index is 1280. The second kappa shape index (κ2) is 15.1. The Kier molecular flexibility index (Phi) is 11.2. The van der Waals surface area contributed by atoms with Crippen molar-refractivity contribution in [2.45, 2.75) is 134 Å². The van der Waals surface area contributed by atoms with Crippen molar-refractivity contribution in [1.82, 2.24) is 0 Å². The summed E-state index contributed by atoms with van der Waals surface area (Å²) in [6, 6.07) is 0. The molecule has 0 aromatic rings. The molecule has 0 radical (unpaired) electrons. The number of rotatable bonds is 7. The molecular formula is C37H54O12. The lowest BCUT2D eigenvalue weighted by Crippen LogP contribution is -2.59. The van der Waals surface area contributed by atoms with Crippen molar-refractivity contribution in [1.29, 1.82) is 0 Å². The largest absolute Gasteiger partial charge is 0.462 e. The first-order chi connectivity index (χ1) is 23.5. The van der Waals surface area contributed by atoms with Crippen LogP contribution in [-0.2, 0) is 57.1 Å². The number of fused-ring (bicyclic) bond motifs is 8. The van der Waals surface area contributed by atoms with Crippen LogP contribution in [0.5, 0.6) is 0 Å². The third-order valence-corrected chi connectivity index (χ3v) is 12.4. The fourth-order valence-corrected chi connectivity index (χ4v) is 10.2. The number of methoxy groups -OCH3 is 3. The minimum Gasteiger partial charge on any atom is -0.462 e. The van der Waals surface area contributed by atoms with Crippen molar-refractivity contribution in [2.75, 3.05) is 21.3 Å². The number of carbonyl (C=O) groups is 4. The molecule has 0 aromatic carbocycles. The number of Topliss-reactive ketones (excluding diaryl/α,β-unsaturated/α-hetero) is 1. The van der Waals surface area contributed by atoms with E-state index in [0.717, 1.165) is 0 Å². The zero-order chi connectivity index (χ0) is 35.1. The van der Waals surface area contributed by atoms with Crippen LogP contribution in [0.1, 0.15) is 79.1 Å². The molecule has 0 aromatic heterocycles. The first-order valence-corrected chi connectivity index (χ1v) is 18.2. The maximum atomic E-state index is 14.4. The van der Waals surface area contributed by atoms with Crippen molar-refractivity contribution in [2.24, 2.45) is 41.4 Å². The van der Waals surface area contributed by atoms with Gasteiger partial charge >= 0.3 is 17.9 Å². The standard InChI is InChI=1S/C37H54O12/c1-8-20-10-9-11-28(46-19(4)38)17(2)32(41)25-14-23-22-12-21(48-37-36(44-7)35(43-6)33(42-5)18(3)45-37)13-26(22)34-27(16-30(40)49-34)31(23)24(25)15-29(39)47-20/h14,17-18,20-24,26-28,31,33-37H,8-13,15-16H2,1-7H3/t17-,18?,20+,21+,22+,23+,24-,26-,27?,28+,31-,33+,34?,35?,36?,37+/m1/s1. The normalized spacial score (nSPS) is 45.4. The lowest BCUT2D eigenvalue weighted by Gasteiger charge is -2.45. The first-order valence-electron chi connectivity index (χ1n) is 18.2. The number of hydrogen-bond donors (Lipinski definition) is 0. The Morgan fingerprint density at radius 1 is 0.878 bits per heavy atom. The molecule has 3 aliphatic carbocycles. The highest BCUT2D eigenvalue weighted by atomic mass is 16.7. The van der Waals surface area contributed by atoms with Crippen molar-refractivity contribution in [3.8, 4) is 0 Å². The van der Waals surface area contributed by atoms with E-state index in [9.17, 15) is 19.2 Å². The van der Waals surface area contributed by atoms with Crippen molar-refractivity contribution in [3.05, 3.63) is 11.6 Å². The molecule has 274 valence electrons. The van der Waals surface area contributed by atoms with E-state index >= 15 is 0 Å². The third kappa shape index (κ3) is 6.97. The summed E-state index contributed by atoms with van der Waals surface area (Å²) in [6.45, 7) is 7.10. The summed E-state index contributed by atoms with van der Waals surface area (Å²) in [4.78, 5) is 53.0. The average molecular weight is 691 g/mol. The summed E-state index contributed by atoms with van der Waals surface area (Å²) >= 11 is 0. The maximum absolute atomic E-state index is 14.4. The molecule has 5 fully saturated rings. The van der Waals surface area contributed by atoms with E-state index in [1.54, 1.807) is 21.3 Å². The summed E-state index contributed by atoms with van der Waals surface area (Å²) in [5, 5.41) is 0. The predicted molar refractivity (Wildman–Crippen MR) is 173 cm³/mol. The molecule has 0 spiro atoms. The number of allylic oxidation sites excluding steroid dienone is 2. The molecule has 0 amide bonds. The molecular weight excluding hydrogens is 636 g/mol. The van der Waals surface area contributed by atoms with Crippen LogP contribution in [0.3, 0.4) is 0 Å². The van der Waals surface area contributed by atoms with E-state index < -0.39 is 42.4 Å². The van der Waals surface area contributed by atoms with Gasteiger partial charge in [-0.3, -0.25) is 19.2 Å². The Morgan fingerprint density at radius 2 is 1.57 bits per heavy atom. The van der Waals surface area contributed by atoms with E-state index in [2.05, 4.69) is 6.08 Å². The van der Waals surface area contributed by atoms with Gasteiger partial charge in [-0.1, -0.05) is 19.9 Å². The number of ether oxygens (including phenoxy) is 8. The van der Waals surface area contributed by atoms with Gasteiger partial charge in [0.2, 0.25) is 0 Å². The fraction of sp³-hybridized carbons (Fsp3) is 0.838. The van der Waals surface area contributed by atoms with Gasteiger partial charge in [-0.25, -0.2) is 0 Å². The van der Waals surface area contributed by atoms with Crippen molar-refractivity contribution in [3.63, 3.8) is 0 Å². The first kappa shape index (κ1) is 36.4. The predicted octanol–water partition coefficient (Wildman–Crippen LogP) is 3.95. The molecule has 12 heteroatoms. The summed E-state index contributed by atoms with van der Waals surface area (Å²) in [5.41, 5.74) is 0.589. The molecule has 3 aliphatic heterocycles. The highest BCUT2D eigenvalue weighted by Gasteiger charge is 2.63. The lowest BCUT2D eigenvalue weighted by atomic mass is 9.59. The fourth-order valence-electron chi connectivity index (χ4n) is 10.2.